The Morgan fingerprint density at radius 3 is 2.64 bits per heavy atom. The van der Waals surface area contributed by atoms with Crippen molar-refractivity contribution in [1.29, 1.82) is 0 Å². The Hall–Kier alpha value is -1.50. The maximum atomic E-state index is 5.61. The first-order chi connectivity index (χ1) is 6.88. The van der Waals surface area contributed by atoms with Crippen molar-refractivity contribution in [3.63, 3.8) is 0 Å². The molecular weight excluding hydrogens is 172 g/mol. The fraction of sp³-hybridized carbons (Fsp3) is 0.231. The molecule has 0 aromatic heterocycles. The lowest BCUT2D eigenvalue weighted by molar-refractivity contribution is 0.322. The second-order valence-electron chi connectivity index (χ2n) is 3.03. The van der Waals surface area contributed by atoms with Crippen LogP contribution in [0.5, 0.6) is 5.75 Å². The van der Waals surface area contributed by atoms with Crippen molar-refractivity contribution >= 4 is 0 Å². The molecule has 1 aromatic rings. The van der Waals surface area contributed by atoms with Gasteiger partial charge >= 0.3 is 0 Å². The van der Waals surface area contributed by atoms with E-state index in [1.807, 2.05) is 30.4 Å². The fourth-order valence-electron chi connectivity index (χ4n) is 1.22. The van der Waals surface area contributed by atoms with E-state index in [1.54, 1.807) is 0 Å². The number of ether oxygens (including phenoxy) is 1. The Morgan fingerprint density at radius 2 is 1.93 bits per heavy atom. The van der Waals surface area contributed by atoms with Crippen LogP contribution >= 0.6 is 0 Å². The summed E-state index contributed by atoms with van der Waals surface area (Å²) in [6.45, 7) is 8.07. The summed E-state index contributed by atoms with van der Waals surface area (Å²) < 4.78 is 5.61. The van der Waals surface area contributed by atoms with Gasteiger partial charge < -0.3 is 4.74 Å². The molecule has 0 N–H and O–H groups in total. The third kappa shape index (κ3) is 3.09. The van der Waals surface area contributed by atoms with Gasteiger partial charge in [0.15, 0.2) is 0 Å². The first kappa shape index (κ1) is 10.6. The molecule has 1 rings (SSSR count). The van der Waals surface area contributed by atoms with Crippen molar-refractivity contribution in [1.82, 2.24) is 0 Å². The summed E-state index contributed by atoms with van der Waals surface area (Å²) in [7, 11) is 0. The average molecular weight is 188 g/mol. The summed E-state index contributed by atoms with van der Waals surface area (Å²) in [5.41, 5.74) is 1.19. The van der Waals surface area contributed by atoms with Gasteiger partial charge in [0, 0.05) is 0 Å². The van der Waals surface area contributed by atoms with E-state index in [1.165, 1.54) is 5.56 Å². The molecule has 1 aromatic carbocycles. The zero-order valence-corrected chi connectivity index (χ0v) is 8.41. The van der Waals surface area contributed by atoms with E-state index < -0.39 is 0 Å². The summed E-state index contributed by atoms with van der Waals surface area (Å²) in [5, 5.41) is 0. The Kier molecular flexibility index (Phi) is 4.56. The molecule has 0 saturated carbocycles. The van der Waals surface area contributed by atoms with Gasteiger partial charge in [-0.05, 0) is 24.5 Å². The molecule has 0 bridgehead atoms. The van der Waals surface area contributed by atoms with Gasteiger partial charge in [0.05, 0.1) is 6.61 Å². The quantitative estimate of drug-likeness (QED) is 0.491. The molecule has 0 atom stereocenters. The van der Waals surface area contributed by atoms with E-state index in [0.29, 0.717) is 6.61 Å². The zero-order chi connectivity index (χ0) is 10.2. The SMILES string of the molecule is C=CCCOc1ccccc1CC=C. The van der Waals surface area contributed by atoms with Crippen LogP contribution in [0.15, 0.2) is 49.6 Å². The lowest BCUT2D eigenvalue weighted by Crippen LogP contribution is -1.98. The molecule has 0 unspecified atom stereocenters. The van der Waals surface area contributed by atoms with Crippen LogP contribution in [0.3, 0.4) is 0 Å². The molecule has 74 valence electrons. The van der Waals surface area contributed by atoms with Gasteiger partial charge in [0.1, 0.15) is 5.75 Å². The number of para-hydroxylation sites is 1. The highest BCUT2D eigenvalue weighted by atomic mass is 16.5. The highest BCUT2D eigenvalue weighted by Crippen LogP contribution is 2.18. The monoisotopic (exact) mass is 188 g/mol. The predicted octanol–water partition coefficient (Wildman–Crippen LogP) is 3.37. The van der Waals surface area contributed by atoms with Gasteiger partial charge in [-0.1, -0.05) is 30.4 Å². The van der Waals surface area contributed by atoms with Crippen molar-refractivity contribution < 1.29 is 4.74 Å². The standard InChI is InChI=1S/C13H16O/c1-3-5-11-14-13-10-7-6-9-12(13)8-4-2/h3-4,6-7,9-10H,1-2,5,8,11H2. The first-order valence-corrected chi connectivity index (χ1v) is 4.81. The third-order valence-electron chi connectivity index (χ3n) is 1.92. The normalized spacial score (nSPS) is 9.43. The number of allylic oxidation sites excluding steroid dienone is 1. The summed E-state index contributed by atoms with van der Waals surface area (Å²) in [6, 6.07) is 8.04. The van der Waals surface area contributed by atoms with Crippen LogP contribution in [0.25, 0.3) is 0 Å². The Labute approximate surface area is 85.7 Å². The van der Waals surface area contributed by atoms with Gasteiger partial charge in [0.25, 0.3) is 0 Å². The second-order valence-corrected chi connectivity index (χ2v) is 3.03. The lowest BCUT2D eigenvalue weighted by atomic mass is 10.1. The Morgan fingerprint density at radius 1 is 1.14 bits per heavy atom. The van der Waals surface area contributed by atoms with Crippen molar-refractivity contribution in [2.45, 2.75) is 12.8 Å². The van der Waals surface area contributed by atoms with Crippen LogP contribution in [0.1, 0.15) is 12.0 Å². The highest BCUT2D eigenvalue weighted by molar-refractivity contribution is 5.34. The zero-order valence-electron chi connectivity index (χ0n) is 8.41. The van der Waals surface area contributed by atoms with Crippen LogP contribution in [-0.2, 0) is 6.42 Å². The average Bonchev–Trinajstić information content (AvgIpc) is 2.21. The van der Waals surface area contributed by atoms with Crippen molar-refractivity contribution in [3.05, 3.63) is 55.1 Å². The molecule has 0 heterocycles. The second kappa shape index (κ2) is 6.03. The molecular formula is C13H16O. The van der Waals surface area contributed by atoms with E-state index in [9.17, 15) is 0 Å². The largest absolute Gasteiger partial charge is 0.493 e. The Bertz CT molecular complexity index is 302. The number of rotatable bonds is 6. The predicted molar refractivity (Wildman–Crippen MR) is 60.7 cm³/mol. The lowest BCUT2D eigenvalue weighted by Gasteiger charge is -2.08. The van der Waals surface area contributed by atoms with Gasteiger partial charge in [0.2, 0.25) is 0 Å². The molecule has 0 amide bonds. The minimum atomic E-state index is 0.692. The maximum Gasteiger partial charge on any atom is 0.122 e. The molecule has 0 aliphatic heterocycles. The van der Waals surface area contributed by atoms with E-state index >= 15 is 0 Å². The van der Waals surface area contributed by atoms with E-state index in [-0.39, 0.29) is 0 Å². The summed E-state index contributed by atoms with van der Waals surface area (Å²) in [5.74, 6) is 0.953. The number of benzene rings is 1. The molecule has 0 saturated heterocycles. The van der Waals surface area contributed by atoms with Gasteiger partial charge in [-0.3, -0.25) is 0 Å². The minimum Gasteiger partial charge on any atom is -0.493 e. The summed E-state index contributed by atoms with van der Waals surface area (Å²) in [6.07, 6.45) is 5.47. The number of hydrogen-bond donors (Lipinski definition) is 0. The smallest absolute Gasteiger partial charge is 0.122 e. The summed E-state index contributed by atoms with van der Waals surface area (Å²) >= 11 is 0. The minimum absolute atomic E-state index is 0.692. The van der Waals surface area contributed by atoms with E-state index in [4.69, 9.17) is 4.74 Å². The molecule has 0 aliphatic rings. The molecule has 0 fully saturated rings. The first-order valence-electron chi connectivity index (χ1n) is 4.81. The Balaban J connectivity index is 2.63. The molecule has 0 aliphatic carbocycles. The molecule has 0 radical (unpaired) electrons. The van der Waals surface area contributed by atoms with Crippen molar-refractivity contribution in [3.8, 4) is 5.75 Å². The topological polar surface area (TPSA) is 9.23 Å². The number of hydrogen-bond acceptors (Lipinski definition) is 1. The maximum absolute atomic E-state index is 5.61. The van der Waals surface area contributed by atoms with Gasteiger partial charge in [-0.15, -0.1) is 13.2 Å². The van der Waals surface area contributed by atoms with Crippen LogP contribution < -0.4 is 4.74 Å². The van der Waals surface area contributed by atoms with Crippen molar-refractivity contribution in [2.75, 3.05) is 6.61 Å². The van der Waals surface area contributed by atoms with Crippen molar-refractivity contribution in [2.24, 2.45) is 0 Å². The fourth-order valence-corrected chi connectivity index (χ4v) is 1.22. The van der Waals surface area contributed by atoms with Crippen LogP contribution in [0.4, 0.5) is 0 Å². The van der Waals surface area contributed by atoms with E-state index in [0.717, 1.165) is 18.6 Å². The molecule has 14 heavy (non-hydrogen) atoms. The van der Waals surface area contributed by atoms with Crippen LogP contribution in [0.2, 0.25) is 0 Å². The molecule has 1 heteroatoms. The third-order valence-corrected chi connectivity index (χ3v) is 1.92. The summed E-state index contributed by atoms with van der Waals surface area (Å²) in [4.78, 5) is 0. The van der Waals surface area contributed by atoms with Crippen LogP contribution in [0, 0.1) is 0 Å². The van der Waals surface area contributed by atoms with Crippen LogP contribution in [-0.4, -0.2) is 6.61 Å². The highest BCUT2D eigenvalue weighted by Gasteiger charge is 1.99. The molecule has 0 spiro atoms. The van der Waals surface area contributed by atoms with E-state index in [2.05, 4.69) is 19.2 Å². The van der Waals surface area contributed by atoms with Gasteiger partial charge in [-0.25, -0.2) is 0 Å². The van der Waals surface area contributed by atoms with Gasteiger partial charge in [-0.2, -0.15) is 0 Å². The molecule has 1 nitrogen and oxygen atoms in total.